The number of aliphatic hydroxyl groups excluding tert-OH is 1. The normalized spacial score (nSPS) is 10.1. The third-order valence-electron chi connectivity index (χ3n) is 1.99. The Kier molecular flexibility index (Phi) is 5.08. The van der Waals surface area contributed by atoms with Gasteiger partial charge < -0.3 is 14.9 Å². The van der Waals surface area contributed by atoms with Gasteiger partial charge in [0.25, 0.3) is 0 Å². The molecule has 1 aromatic rings. The summed E-state index contributed by atoms with van der Waals surface area (Å²) in [5.74, 6) is -0.606. The second-order valence-electron chi connectivity index (χ2n) is 3.23. The average Bonchev–Trinajstić information content (AvgIpc) is 2.26. The fourth-order valence-electron chi connectivity index (χ4n) is 1.16. The lowest BCUT2D eigenvalue weighted by atomic mass is 10.2. The molecule has 0 atom stereocenters. The molecule has 0 spiro atoms. The predicted molar refractivity (Wildman–Crippen MR) is 60.2 cm³/mol. The van der Waals surface area contributed by atoms with E-state index in [1.54, 1.807) is 6.07 Å². The van der Waals surface area contributed by atoms with Crippen molar-refractivity contribution in [3.05, 3.63) is 28.8 Å². The van der Waals surface area contributed by atoms with Crippen molar-refractivity contribution in [1.29, 1.82) is 0 Å². The van der Waals surface area contributed by atoms with Crippen molar-refractivity contribution in [2.45, 2.75) is 12.8 Å². The van der Waals surface area contributed by atoms with Crippen LogP contribution in [-0.4, -0.2) is 29.4 Å². The van der Waals surface area contributed by atoms with Crippen molar-refractivity contribution in [2.24, 2.45) is 0 Å². The third kappa shape index (κ3) is 3.72. The third-order valence-corrected chi connectivity index (χ3v) is 2.32. The van der Waals surface area contributed by atoms with Crippen LogP contribution >= 0.6 is 11.6 Å². The molecule has 88 valence electrons. The fraction of sp³-hybridized carbons (Fsp3) is 0.364. The highest BCUT2D eigenvalue weighted by Crippen LogP contribution is 2.22. The van der Waals surface area contributed by atoms with E-state index in [1.165, 1.54) is 12.1 Å². The molecule has 0 saturated carbocycles. The number of aromatic carboxylic acids is 1. The van der Waals surface area contributed by atoms with Crippen LogP contribution in [-0.2, 0) is 0 Å². The lowest BCUT2D eigenvalue weighted by molar-refractivity contribution is 0.0696. The molecule has 0 aliphatic carbocycles. The van der Waals surface area contributed by atoms with Crippen LogP contribution in [0.4, 0.5) is 0 Å². The van der Waals surface area contributed by atoms with Gasteiger partial charge in [-0.25, -0.2) is 4.79 Å². The number of halogens is 1. The van der Waals surface area contributed by atoms with Crippen molar-refractivity contribution in [1.82, 2.24) is 0 Å². The summed E-state index contributed by atoms with van der Waals surface area (Å²) in [6.45, 7) is 0.575. The highest BCUT2D eigenvalue weighted by atomic mass is 35.5. The van der Waals surface area contributed by atoms with E-state index in [-0.39, 0.29) is 17.2 Å². The highest BCUT2D eigenvalue weighted by Gasteiger charge is 2.09. The molecular weight excluding hydrogens is 232 g/mol. The van der Waals surface area contributed by atoms with Gasteiger partial charge in [-0.2, -0.15) is 0 Å². The molecule has 0 bridgehead atoms. The Bertz CT molecular complexity index is 365. The molecule has 0 saturated heterocycles. The number of hydrogen-bond donors (Lipinski definition) is 2. The maximum absolute atomic E-state index is 10.8. The fourth-order valence-corrected chi connectivity index (χ4v) is 1.36. The second kappa shape index (κ2) is 6.35. The van der Waals surface area contributed by atoms with Crippen LogP contribution in [0.1, 0.15) is 23.2 Å². The number of rotatable bonds is 6. The molecular formula is C11H13ClO4. The van der Waals surface area contributed by atoms with Crippen molar-refractivity contribution in [2.75, 3.05) is 13.2 Å². The van der Waals surface area contributed by atoms with Crippen molar-refractivity contribution >= 4 is 17.6 Å². The molecule has 0 heterocycles. The maximum atomic E-state index is 10.8. The summed E-state index contributed by atoms with van der Waals surface area (Å²) in [5.41, 5.74) is 0.0290. The first-order valence-electron chi connectivity index (χ1n) is 4.91. The van der Waals surface area contributed by atoms with Crippen LogP contribution in [0.2, 0.25) is 5.02 Å². The number of benzene rings is 1. The lowest BCUT2D eigenvalue weighted by Crippen LogP contribution is -2.01. The molecule has 0 radical (unpaired) electrons. The highest BCUT2D eigenvalue weighted by molar-refractivity contribution is 6.33. The first-order chi connectivity index (χ1) is 7.65. The number of hydrogen-bond acceptors (Lipinski definition) is 3. The first kappa shape index (κ1) is 12.8. The molecule has 2 N–H and O–H groups in total. The SMILES string of the molecule is O=C(O)c1cc(OCCCCO)ccc1Cl. The van der Waals surface area contributed by atoms with Crippen LogP contribution in [0.25, 0.3) is 0 Å². The van der Waals surface area contributed by atoms with Crippen LogP contribution in [0, 0.1) is 0 Å². The molecule has 1 aromatic carbocycles. The molecule has 0 aromatic heterocycles. The second-order valence-corrected chi connectivity index (χ2v) is 3.63. The minimum Gasteiger partial charge on any atom is -0.494 e. The van der Waals surface area contributed by atoms with Gasteiger partial charge in [0.1, 0.15) is 5.75 Å². The van der Waals surface area contributed by atoms with E-state index >= 15 is 0 Å². The number of unbranched alkanes of at least 4 members (excludes halogenated alkanes) is 1. The van der Waals surface area contributed by atoms with Gasteiger partial charge in [0.2, 0.25) is 0 Å². The number of carboxylic acids is 1. The Morgan fingerprint density at radius 3 is 2.75 bits per heavy atom. The summed E-state index contributed by atoms with van der Waals surface area (Å²) in [7, 11) is 0. The van der Waals surface area contributed by atoms with Crippen molar-refractivity contribution in [3.8, 4) is 5.75 Å². The summed E-state index contributed by atoms with van der Waals surface area (Å²) >= 11 is 5.71. The van der Waals surface area contributed by atoms with E-state index in [4.69, 9.17) is 26.6 Å². The molecule has 0 unspecified atom stereocenters. The Morgan fingerprint density at radius 2 is 2.12 bits per heavy atom. The van der Waals surface area contributed by atoms with Crippen LogP contribution in [0.5, 0.6) is 5.75 Å². The Morgan fingerprint density at radius 1 is 1.38 bits per heavy atom. The minimum atomic E-state index is -1.08. The number of carbonyl (C=O) groups is 1. The average molecular weight is 245 g/mol. The van der Waals surface area contributed by atoms with E-state index in [0.717, 1.165) is 6.42 Å². The van der Waals surface area contributed by atoms with Gasteiger partial charge in [0.15, 0.2) is 0 Å². The monoisotopic (exact) mass is 244 g/mol. The Hall–Kier alpha value is -1.26. The summed E-state index contributed by atoms with van der Waals surface area (Å²) in [4.78, 5) is 10.8. The van der Waals surface area contributed by atoms with Gasteiger partial charge in [-0.15, -0.1) is 0 Å². The molecule has 0 aliphatic rings. The number of aliphatic hydroxyl groups is 1. The van der Waals surface area contributed by atoms with E-state index in [0.29, 0.717) is 18.8 Å². The van der Waals surface area contributed by atoms with Gasteiger partial charge in [0.05, 0.1) is 17.2 Å². The van der Waals surface area contributed by atoms with Gasteiger partial charge >= 0.3 is 5.97 Å². The minimum absolute atomic E-state index is 0.0290. The zero-order chi connectivity index (χ0) is 12.0. The first-order valence-corrected chi connectivity index (χ1v) is 5.29. The van der Waals surface area contributed by atoms with Gasteiger partial charge in [0, 0.05) is 6.61 Å². The molecule has 5 heteroatoms. The summed E-state index contributed by atoms with van der Waals surface area (Å²) in [6, 6.07) is 4.50. The molecule has 4 nitrogen and oxygen atoms in total. The largest absolute Gasteiger partial charge is 0.494 e. The number of carboxylic acid groups (broad SMARTS) is 1. The molecule has 0 aliphatic heterocycles. The molecule has 1 rings (SSSR count). The van der Waals surface area contributed by atoms with Gasteiger partial charge in [-0.1, -0.05) is 11.6 Å². The number of ether oxygens (including phenoxy) is 1. The van der Waals surface area contributed by atoms with Gasteiger partial charge in [-0.3, -0.25) is 0 Å². The summed E-state index contributed by atoms with van der Waals surface area (Å²) < 4.78 is 5.32. The van der Waals surface area contributed by atoms with Crippen LogP contribution < -0.4 is 4.74 Å². The molecule has 0 amide bonds. The standard InChI is InChI=1S/C11H13ClO4/c12-10-4-3-8(7-9(10)11(14)15)16-6-2-1-5-13/h3-4,7,13H,1-2,5-6H2,(H,14,15). The quantitative estimate of drug-likeness (QED) is 0.753. The van der Waals surface area contributed by atoms with Crippen molar-refractivity contribution < 1.29 is 19.7 Å². The van der Waals surface area contributed by atoms with Crippen LogP contribution in [0.3, 0.4) is 0 Å². The summed E-state index contributed by atoms with van der Waals surface area (Å²) in [5, 5.41) is 17.6. The van der Waals surface area contributed by atoms with Gasteiger partial charge in [-0.05, 0) is 31.0 Å². The van der Waals surface area contributed by atoms with E-state index in [2.05, 4.69) is 0 Å². The van der Waals surface area contributed by atoms with Crippen LogP contribution in [0.15, 0.2) is 18.2 Å². The Balaban J connectivity index is 2.61. The zero-order valence-electron chi connectivity index (χ0n) is 8.65. The smallest absolute Gasteiger partial charge is 0.337 e. The molecule has 0 fully saturated rings. The molecule has 16 heavy (non-hydrogen) atoms. The lowest BCUT2D eigenvalue weighted by Gasteiger charge is -2.07. The van der Waals surface area contributed by atoms with Crippen molar-refractivity contribution in [3.63, 3.8) is 0 Å². The predicted octanol–water partition coefficient (Wildman–Crippen LogP) is 2.19. The maximum Gasteiger partial charge on any atom is 0.337 e. The van der Waals surface area contributed by atoms with E-state index in [1.807, 2.05) is 0 Å². The topological polar surface area (TPSA) is 66.8 Å². The summed E-state index contributed by atoms with van der Waals surface area (Å²) in [6.07, 6.45) is 1.39. The zero-order valence-corrected chi connectivity index (χ0v) is 9.41. The Labute approximate surface area is 98.4 Å². The van der Waals surface area contributed by atoms with E-state index in [9.17, 15) is 4.79 Å². The van der Waals surface area contributed by atoms with E-state index < -0.39 is 5.97 Å².